The first-order chi connectivity index (χ1) is 42.1. The maximum absolute atomic E-state index is 14.6. The molecule has 1 aliphatic rings. The number of primary amides is 3. The molecule has 1 fully saturated rings. The van der Waals surface area contributed by atoms with Crippen molar-refractivity contribution in [2.75, 3.05) is 13.1 Å². The average molecular weight is 1250 g/mol. The number of H-pyrrole nitrogens is 1. The molecule has 89 heavy (non-hydrogen) atoms. The summed E-state index contributed by atoms with van der Waals surface area (Å²) in [7, 11) is 0. The molecule has 2 heterocycles. The number of aromatic nitrogens is 2. The zero-order chi connectivity index (χ0) is 66.1. The molecular weight excluding hydrogens is 1160 g/mol. The van der Waals surface area contributed by atoms with Crippen LogP contribution in [0.4, 0.5) is 0 Å². The number of nitrogens with one attached hydrogen (secondary N) is 9. The molecule has 0 bridgehead atoms. The number of aromatic hydroxyl groups is 1. The summed E-state index contributed by atoms with van der Waals surface area (Å²) in [5, 5.41) is 39.1. The van der Waals surface area contributed by atoms with E-state index in [-0.39, 0.29) is 69.7 Å². The highest BCUT2D eigenvalue weighted by atomic mass is 16.4. The van der Waals surface area contributed by atoms with Crippen molar-refractivity contribution in [2.24, 2.45) is 45.3 Å². The number of carbonyl (C=O) groups excluding carboxylic acids is 12. The number of carboxylic acid groups (broad SMARTS) is 1. The zero-order valence-electron chi connectivity index (χ0n) is 49.4. The van der Waals surface area contributed by atoms with Crippen LogP contribution < -0.4 is 76.9 Å². The maximum atomic E-state index is 14.6. The Balaban J connectivity index is 1.59. The number of amides is 12. The Labute approximate surface area is 511 Å². The van der Waals surface area contributed by atoms with Gasteiger partial charge in [-0.25, -0.2) is 9.78 Å². The van der Waals surface area contributed by atoms with Crippen LogP contribution in [-0.2, 0) is 81.6 Å². The molecule has 33 heteroatoms. The third-order valence-corrected chi connectivity index (χ3v) is 14.3. The van der Waals surface area contributed by atoms with Gasteiger partial charge in [0.2, 0.25) is 70.9 Å². The van der Waals surface area contributed by atoms with Crippen LogP contribution in [0.3, 0.4) is 0 Å². The fourth-order valence-electron chi connectivity index (χ4n) is 9.35. The summed E-state index contributed by atoms with van der Waals surface area (Å²) in [6, 6.07) is -1.14. The van der Waals surface area contributed by atoms with Crippen LogP contribution in [0.2, 0.25) is 0 Å². The topological polar surface area (TPSA) is 559 Å². The van der Waals surface area contributed by atoms with E-state index in [0.29, 0.717) is 23.2 Å². The zero-order valence-corrected chi connectivity index (χ0v) is 49.4. The summed E-state index contributed by atoms with van der Waals surface area (Å²) in [5.74, 6) is -14.7. The first-order valence-corrected chi connectivity index (χ1v) is 28.5. The summed E-state index contributed by atoms with van der Waals surface area (Å²) in [4.78, 5) is 186. The lowest BCUT2D eigenvalue weighted by Gasteiger charge is -2.29. The number of hydrogen-bond donors (Lipinski definition) is 17. The second kappa shape index (κ2) is 34.8. The van der Waals surface area contributed by atoms with Crippen LogP contribution in [0.25, 0.3) is 0 Å². The van der Waals surface area contributed by atoms with Gasteiger partial charge in [-0.05, 0) is 61.8 Å². The number of nitrogens with zero attached hydrogens (tertiary/aromatic N) is 3. The number of aliphatic carboxylic acids is 1. The van der Waals surface area contributed by atoms with E-state index in [4.69, 9.17) is 34.4 Å². The second-order valence-electron chi connectivity index (χ2n) is 21.4. The van der Waals surface area contributed by atoms with E-state index in [0.717, 1.165) is 6.92 Å². The maximum Gasteiger partial charge on any atom is 0.326 e. The smallest absolute Gasteiger partial charge is 0.326 e. The van der Waals surface area contributed by atoms with Crippen molar-refractivity contribution in [1.82, 2.24) is 57.4 Å². The van der Waals surface area contributed by atoms with Crippen LogP contribution >= 0.6 is 0 Å². The first-order valence-electron chi connectivity index (χ1n) is 28.5. The number of aliphatic imine (C=N–C) groups is 1. The fraction of sp³-hybridized carbons (Fsp3) is 0.482. The van der Waals surface area contributed by atoms with E-state index >= 15 is 0 Å². The van der Waals surface area contributed by atoms with E-state index in [1.54, 1.807) is 37.3 Å². The number of carboxylic acids is 1. The molecule has 0 saturated carbocycles. The van der Waals surface area contributed by atoms with Gasteiger partial charge in [0.1, 0.15) is 60.1 Å². The number of likely N-dealkylation sites (tertiary alicyclic amines) is 1. The molecule has 0 spiro atoms. The van der Waals surface area contributed by atoms with Gasteiger partial charge < -0.3 is 97.0 Å². The number of hydrogen-bond acceptors (Lipinski definition) is 17. The molecule has 1 aromatic heterocycles. The van der Waals surface area contributed by atoms with Crippen LogP contribution in [0.5, 0.6) is 5.75 Å². The van der Waals surface area contributed by atoms with E-state index < -0.39 is 162 Å². The van der Waals surface area contributed by atoms with Crippen LogP contribution in [0.15, 0.2) is 72.1 Å². The highest BCUT2D eigenvalue weighted by molar-refractivity contribution is 6.00. The summed E-state index contributed by atoms with van der Waals surface area (Å²) < 4.78 is 0. The largest absolute Gasteiger partial charge is 0.508 e. The Morgan fingerprint density at radius 2 is 1.13 bits per heavy atom. The van der Waals surface area contributed by atoms with E-state index in [1.165, 1.54) is 48.6 Å². The molecule has 0 aliphatic carbocycles. The minimum absolute atomic E-state index is 0.0127. The monoisotopic (exact) mass is 1240 g/mol. The lowest BCUT2D eigenvalue weighted by atomic mass is 9.97. The number of benzene rings is 2. The Morgan fingerprint density at radius 3 is 1.69 bits per heavy atom. The Kier molecular flexibility index (Phi) is 27.9. The number of nitrogens with two attached hydrogens (primary N) is 6. The predicted molar refractivity (Wildman–Crippen MR) is 317 cm³/mol. The number of phenols is 1. The van der Waals surface area contributed by atoms with Gasteiger partial charge in [-0.3, -0.25) is 62.5 Å². The molecule has 484 valence electrons. The number of imidazole rings is 1. The summed E-state index contributed by atoms with van der Waals surface area (Å²) in [6.45, 7) is 4.43. The molecule has 0 radical (unpaired) electrons. The average Bonchev–Trinajstić information content (AvgIpc) is 2.83. The van der Waals surface area contributed by atoms with Crippen molar-refractivity contribution in [2.45, 2.75) is 152 Å². The highest BCUT2D eigenvalue weighted by Crippen LogP contribution is 2.21. The summed E-state index contributed by atoms with van der Waals surface area (Å²) in [5.41, 5.74) is 35.0. The number of guanidine groups is 1. The molecule has 1 aliphatic heterocycles. The molecule has 23 N–H and O–H groups in total. The summed E-state index contributed by atoms with van der Waals surface area (Å²) in [6.07, 6.45) is 0.743. The third kappa shape index (κ3) is 23.5. The minimum Gasteiger partial charge on any atom is -0.508 e. The van der Waals surface area contributed by atoms with Crippen molar-refractivity contribution in [3.05, 3.63) is 83.9 Å². The summed E-state index contributed by atoms with van der Waals surface area (Å²) >= 11 is 0. The third-order valence-electron chi connectivity index (χ3n) is 14.3. The van der Waals surface area contributed by atoms with Gasteiger partial charge in [0.25, 0.3) is 0 Å². The molecule has 4 rings (SSSR count). The molecular formula is C56H80N18O15. The van der Waals surface area contributed by atoms with Crippen molar-refractivity contribution < 1.29 is 72.5 Å². The van der Waals surface area contributed by atoms with E-state index in [2.05, 4.69) is 57.5 Å². The second-order valence-corrected chi connectivity index (χ2v) is 21.4. The Morgan fingerprint density at radius 1 is 0.629 bits per heavy atom. The Hall–Kier alpha value is -10.2. The molecule has 2 aromatic carbocycles. The van der Waals surface area contributed by atoms with Gasteiger partial charge in [0, 0.05) is 44.2 Å². The van der Waals surface area contributed by atoms with Gasteiger partial charge in [-0.1, -0.05) is 62.7 Å². The van der Waals surface area contributed by atoms with Crippen LogP contribution in [0.1, 0.15) is 89.0 Å². The number of rotatable bonds is 36. The predicted octanol–water partition coefficient (Wildman–Crippen LogP) is -5.83. The van der Waals surface area contributed by atoms with Gasteiger partial charge in [-0.2, -0.15) is 0 Å². The normalized spacial score (nSPS) is 16.0. The number of phenolic OH excluding ortho intramolecular Hbond substituents is 1. The molecule has 1 saturated heterocycles. The van der Waals surface area contributed by atoms with E-state index in [1.807, 2.05) is 0 Å². The van der Waals surface area contributed by atoms with Crippen molar-refractivity contribution in [1.29, 1.82) is 0 Å². The van der Waals surface area contributed by atoms with Crippen LogP contribution in [0, 0.1) is 5.92 Å². The number of carbonyl (C=O) groups is 13. The minimum atomic E-state index is -1.87. The van der Waals surface area contributed by atoms with Crippen LogP contribution in [-0.4, -0.2) is 181 Å². The van der Waals surface area contributed by atoms with E-state index in [9.17, 15) is 72.5 Å². The standard InChI is InChI=1S/C56H80N18O15/c1-4-28(2)45(53(86)72-40(55(88)89)25-44(60)78)73-51(84)39(24-43(59)77)68-46(79)29(3)66-47(80)35(12-8-18-64-56(61)62)67-50(83)38(23-42(58)76)70-48(81)36(21-31-14-16-33(75)17-15-31)69-49(82)37(20-30-10-6-5-7-11-30)71-52(85)41-13-9-19-74(41)54(87)34(57)22-32-26-63-27-65-32/h5-7,10-11,14-17,26-29,34-41,45,75H,4,8-9,12-13,18-25,57H2,1-3H3,(H2,58,76)(H2,59,77)(H2,60,78)(H,63,65)(H,66,80)(H,67,83)(H,68,79)(H,69,82)(H,70,81)(H,71,85)(H,72,86)(H,73,84)(H,88,89)(H4,61,62,64)/t28-,29-,34-,35-,36-,37-,38-,39-,40-,41-,45-/m0/s1. The molecule has 0 unspecified atom stereocenters. The highest BCUT2D eigenvalue weighted by Gasteiger charge is 2.40. The number of aromatic amines is 1. The van der Waals surface area contributed by atoms with Gasteiger partial charge >= 0.3 is 5.97 Å². The molecule has 33 nitrogen and oxygen atoms in total. The van der Waals surface area contributed by atoms with Crippen molar-refractivity contribution in [3.63, 3.8) is 0 Å². The lowest BCUT2D eigenvalue weighted by Crippen LogP contribution is -2.61. The molecule has 11 atom stereocenters. The van der Waals surface area contributed by atoms with Crippen molar-refractivity contribution in [3.8, 4) is 5.75 Å². The Bertz CT molecular complexity index is 3020. The van der Waals surface area contributed by atoms with Gasteiger partial charge in [0.05, 0.1) is 31.6 Å². The first kappa shape index (κ1) is 71.3. The fourth-order valence-corrected chi connectivity index (χ4v) is 9.35. The lowest BCUT2D eigenvalue weighted by molar-refractivity contribution is -0.144. The van der Waals surface area contributed by atoms with Gasteiger partial charge in [-0.15, -0.1) is 0 Å². The quantitative estimate of drug-likeness (QED) is 0.0146. The SMILES string of the molecule is CC[C@H](C)[C@H](NC(=O)[C@H](CC(N)=O)NC(=O)[C@H](C)NC(=O)[C@H](CCCN=C(N)N)NC(=O)[C@H](CC(N)=O)NC(=O)[C@H](Cc1ccc(O)cc1)NC(=O)[C@H](Cc1ccccc1)NC(=O)[C@@H]1CCCN1C(=O)[C@@H](N)Cc1cnc[nH]1)C(=O)N[C@@H](CC(N)=O)C(=O)O. The van der Waals surface area contributed by atoms with Crippen molar-refractivity contribution >= 4 is 82.8 Å². The molecule has 3 aromatic rings. The molecule has 12 amide bonds. The van der Waals surface area contributed by atoms with Gasteiger partial charge in [0.15, 0.2) is 5.96 Å².